The molecule has 0 unspecified atom stereocenters. The molecule has 1 heterocycles. The van der Waals surface area contributed by atoms with Crippen LogP contribution < -0.4 is 9.64 Å². The summed E-state index contributed by atoms with van der Waals surface area (Å²) in [4.78, 5) is 18.3. The minimum absolute atomic E-state index is 0.408. The third-order valence-electron chi connectivity index (χ3n) is 4.21. The highest BCUT2D eigenvalue weighted by molar-refractivity contribution is 14.2. The maximum absolute atomic E-state index is 12.2. The predicted octanol–water partition coefficient (Wildman–Crippen LogP) is 6.65. The van der Waals surface area contributed by atoms with Crippen LogP contribution in [0.3, 0.4) is 0 Å². The van der Waals surface area contributed by atoms with Crippen LogP contribution in [0, 0.1) is 0 Å². The molecule has 1 amide bonds. The number of hydrogen-bond donors (Lipinski definition) is 0. The van der Waals surface area contributed by atoms with Crippen LogP contribution in [0.1, 0.15) is 27.2 Å². The number of anilines is 1. The van der Waals surface area contributed by atoms with Crippen molar-refractivity contribution in [1.82, 2.24) is 4.98 Å². The van der Waals surface area contributed by atoms with E-state index in [1.54, 1.807) is 7.05 Å². The van der Waals surface area contributed by atoms with Gasteiger partial charge in [0.25, 0.3) is 0 Å². The van der Waals surface area contributed by atoms with Crippen LogP contribution in [0.5, 0.6) is 5.75 Å². The SMILES string of the molecule is CN(C(=O)OC(C)(C)C)c1ccc(-c2nc3cc(OCCCOSI)ccc3o2)cc1. The van der Waals surface area contributed by atoms with E-state index in [9.17, 15) is 4.79 Å². The Balaban J connectivity index is 1.68. The quantitative estimate of drug-likeness (QED) is 0.175. The summed E-state index contributed by atoms with van der Waals surface area (Å²) < 4.78 is 22.3. The molecular formula is C22H25IN2O5S. The summed E-state index contributed by atoms with van der Waals surface area (Å²) in [7, 11) is 3.00. The van der Waals surface area contributed by atoms with E-state index < -0.39 is 11.7 Å². The van der Waals surface area contributed by atoms with E-state index in [1.807, 2.05) is 63.2 Å². The molecule has 3 rings (SSSR count). The lowest BCUT2D eigenvalue weighted by Gasteiger charge is -2.24. The number of amides is 1. The minimum atomic E-state index is -0.548. The normalized spacial score (nSPS) is 11.5. The standard InChI is InChI=1S/C22H25IN2O5S/c1-22(2,3)30-21(26)25(4)16-8-6-15(7-9-16)20-24-18-14-17(10-11-19(18)29-20)27-12-5-13-28-31-23/h6-11,14H,5,12-13H2,1-4H3. The van der Waals surface area contributed by atoms with Crippen molar-refractivity contribution in [3.05, 3.63) is 42.5 Å². The van der Waals surface area contributed by atoms with Crippen molar-refractivity contribution < 1.29 is 22.9 Å². The molecule has 0 saturated carbocycles. The van der Waals surface area contributed by atoms with Crippen LogP contribution in [-0.4, -0.2) is 36.9 Å². The highest BCUT2D eigenvalue weighted by atomic mass is 127. The molecular weight excluding hydrogens is 531 g/mol. The Bertz CT molecular complexity index is 1020. The zero-order valence-electron chi connectivity index (χ0n) is 17.9. The first-order chi connectivity index (χ1) is 14.8. The third-order valence-corrected chi connectivity index (χ3v) is 5.23. The number of ether oxygens (including phenoxy) is 2. The fourth-order valence-corrected chi connectivity index (χ4v) is 3.44. The van der Waals surface area contributed by atoms with Gasteiger partial charge in [-0.2, -0.15) is 0 Å². The van der Waals surface area contributed by atoms with Gasteiger partial charge in [0.15, 0.2) is 5.58 Å². The number of halogens is 1. The Morgan fingerprint density at radius 3 is 2.58 bits per heavy atom. The van der Waals surface area contributed by atoms with Gasteiger partial charge < -0.3 is 18.1 Å². The molecule has 0 fully saturated rings. The molecule has 3 aromatic rings. The minimum Gasteiger partial charge on any atom is -0.493 e. The molecule has 0 N–H and O–H groups in total. The highest BCUT2D eigenvalue weighted by Crippen LogP contribution is 2.28. The number of nitrogens with zero attached hydrogens (tertiary/aromatic N) is 2. The van der Waals surface area contributed by atoms with Gasteiger partial charge >= 0.3 is 6.09 Å². The summed E-state index contributed by atoms with van der Waals surface area (Å²) in [6, 6.07) is 13.0. The Kier molecular flexibility index (Phi) is 8.06. The summed E-state index contributed by atoms with van der Waals surface area (Å²) in [5, 5.41) is 0. The van der Waals surface area contributed by atoms with Crippen LogP contribution in [-0.2, 0) is 8.92 Å². The van der Waals surface area contributed by atoms with E-state index in [2.05, 4.69) is 26.2 Å². The average molecular weight is 556 g/mol. The number of rotatable bonds is 8. The molecule has 0 saturated heterocycles. The number of carbonyl (C=O) groups excluding carboxylic acids is 1. The van der Waals surface area contributed by atoms with E-state index >= 15 is 0 Å². The Labute approximate surface area is 198 Å². The molecule has 9 heteroatoms. The second-order valence-electron chi connectivity index (χ2n) is 7.82. The van der Waals surface area contributed by atoms with Gasteiger partial charge in [-0.05, 0) is 57.2 Å². The van der Waals surface area contributed by atoms with Gasteiger partial charge in [0, 0.05) is 52.0 Å². The summed E-state index contributed by atoms with van der Waals surface area (Å²) in [5.41, 5.74) is 2.39. The number of aromatic nitrogens is 1. The molecule has 0 aliphatic heterocycles. The van der Waals surface area contributed by atoms with E-state index in [0.29, 0.717) is 24.7 Å². The molecule has 1 aromatic heterocycles. The average Bonchev–Trinajstić information content (AvgIpc) is 3.15. The second kappa shape index (κ2) is 10.6. The van der Waals surface area contributed by atoms with Crippen LogP contribution in [0.15, 0.2) is 46.9 Å². The number of fused-ring (bicyclic) bond motifs is 1. The van der Waals surface area contributed by atoms with E-state index in [0.717, 1.165) is 28.9 Å². The van der Waals surface area contributed by atoms with Gasteiger partial charge in [0.2, 0.25) is 5.89 Å². The molecule has 31 heavy (non-hydrogen) atoms. The van der Waals surface area contributed by atoms with Crippen molar-refractivity contribution in [2.45, 2.75) is 32.8 Å². The van der Waals surface area contributed by atoms with Gasteiger partial charge in [-0.3, -0.25) is 4.90 Å². The molecule has 0 bridgehead atoms. The van der Waals surface area contributed by atoms with E-state index in [-0.39, 0.29) is 0 Å². The van der Waals surface area contributed by atoms with Crippen molar-refractivity contribution in [1.29, 1.82) is 0 Å². The van der Waals surface area contributed by atoms with Crippen molar-refractivity contribution in [3.8, 4) is 17.2 Å². The Morgan fingerprint density at radius 2 is 1.90 bits per heavy atom. The topological polar surface area (TPSA) is 74.0 Å². The summed E-state index contributed by atoms with van der Waals surface area (Å²) in [5.74, 6) is 1.25. The molecule has 166 valence electrons. The van der Waals surface area contributed by atoms with Crippen LogP contribution in [0.4, 0.5) is 10.5 Å². The van der Waals surface area contributed by atoms with Crippen molar-refractivity contribution in [3.63, 3.8) is 0 Å². The van der Waals surface area contributed by atoms with Crippen molar-refractivity contribution >= 4 is 53.3 Å². The van der Waals surface area contributed by atoms with Gasteiger partial charge in [0.1, 0.15) is 16.9 Å². The summed E-state index contributed by atoms with van der Waals surface area (Å²) in [6.07, 6.45) is 0.400. The number of carbonyl (C=O) groups is 1. The zero-order chi connectivity index (χ0) is 22.4. The van der Waals surface area contributed by atoms with E-state index in [4.69, 9.17) is 18.1 Å². The molecule has 0 radical (unpaired) electrons. The largest absolute Gasteiger partial charge is 0.493 e. The fraction of sp³-hybridized carbons (Fsp3) is 0.364. The molecule has 2 aromatic carbocycles. The highest BCUT2D eigenvalue weighted by Gasteiger charge is 2.20. The monoisotopic (exact) mass is 556 g/mol. The van der Waals surface area contributed by atoms with Gasteiger partial charge in [-0.1, -0.05) is 0 Å². The molecule has 0 spiro atoms. The first kappa shape index (κ1) is 23.7. The van der Waals surface area contributed by atoms with Crippen molar-refractivity contribution in [2.24, 2.45) is 0 Å². The maximum Gasteiger partial charge on any atom is 0.414 e. The molecule has 0 aliphatic carbocycles. The number of oxazole rings is 1. The number of hydrogen-bond acceptors (Lipinski definition) is 7. The van der Waals surface area contributed by atoms with Crippen molar-refractivity contribution in [2.75, 3.05) is 25.2 Å². The first-order valence-corrected chi connectivity index (χ1v) is 13.1. The van der Waals surface area contributed by atoms with Crippen LogP contribution >= 0.6 is 30.4 Å². The lowest BCUT2D eigenvalue weighted by atomic mass is 10.2. The zero-order valence-corrected chi connectivity index (χ0v) is 20.9. The van der Waals surface area contributed by atoms with Crippen LogP contribution in [0.2, 0.25) is 0 Å². The Morgan fingerprint density at radius 1 is 1.16 bits per heavy atom. The summed E-state index contributed by atoms with van der Waals surface area (Å²) >= 11 is 2.09. The van der Waals surface area contributed by atoms with E-state index in [1.165, 1.54) is 14.1 Å². The van der Waals surface area contributed by atoms with Gasteiger partial charge in [-0.15, -0.1) is 0 Å². The Hall–Kier alpha value is -1.98. The maximum atomic E-state index is 12.2. The van der Waals surface area contributed by atoms with Gasteiger partial charge in [0.05, 0.1) is 22.4 Å². The number of benzene rings is 2. The predicted molar refractivity (Wildman–Crippen MR) is 132 cm³/mol. The molecule has 7 nitrogen and oxygen atoms in total. The van der Waals surface area contributed by atoms with Crippen LogP contribution in [0.25, 0.3) is 22.6 Å². The smallest absolute Gasteiger partial charge is 0.414 e. The van der Waals surface area contributed by atoms with Gasteiger partial charge in [-0.25, -0.2) is 9.78 Å². The second-order valence-corrected chi connectivity index (χ2v) is 9.26. The lowest BCUT2D eigenvalue weighted by Crippen LogP contribution is -2.34. The molecule has 0 atom stereocenters. The molecule has 0 aliphatic rings. The fourth-order valence-electron chi connectivity index (χ4n) is 2.72. The summed E-state index contributed by atoms with van der Waals surface area (Å²) in [6.45, 7) is 6.73. The first-order valence-electron chi connectivity index (χ1n) is 9.77. The third kappa shape index (κ3) is 6.75. The lowest BCUT2D eigenvalue weighted by molar-refractivity contribution is 0.0589.